The van der Waals surface area contributed by atoms with Crippen LogP contribution in [0.15, 0.2) is 66.7 Å². The van der Waals surface area contributed by atoms with E-state index in [0.717, 1.165) is 11.1 Å². The van der Waals surface area contributed by atoms with Crippen molar-refractivity contribution in [2.45, 2.75) is 13.5 Å². The smallest absolute Gasteiger partial charge is 0.339 e. The Hall–Kier alpha value is -5.36. The maximum absolute atomic E-state index is 15.5. The molecule has 4 aromatic rings. The van der Waals surface area contributed by atoms with Crippen molar-refractivity contribution < 1.29 is 37.7 Å². The molecule has 0 aliphatic carbocycles. The standard InChI is InChI=1S/C29H24F2N4O6/c1-15-8-9-20(29(38)39)21(10-15)41-28-25(31)23(26(37)34-14-22(33)36)24(30)27(35-28)40-19-7-3-6-18(12-19)17-5-2-4-16(11-17)13-32/h2-12H,13-14,32H2,1H3,(H2,33,36)(H,34,37)(H,38,39). The molecule has 12 heteroatoms. The van der Waals surface area contributed by atoms with E-state index in [0.29, 0.717) is 17.7 Å². The van der Waals surface area contributed by atoms with Crippen LogP contribution in [-0.2, 0) is 11.3 Å². The van der Waals surface area contributed by atoms with Gasteiger partial charge < -0.3 is 31.4 Å². The molecule has 0 aliphatic rings. The summed E-state index contributed by atoms with van der Waals surface area (Å²) in [5, 5.41) is 11.5. The highest BCUT2D eigenvalue weighted by atomic mass is 19.1. The van der Waals surface area contributed by atoms with E-state index >= 15 is 8.78 Å². The van der Waals surface area contributed by atoms with E-state index in [9.17, 15) is 19.5 Å². The summed E-state index contributed by atoms with van der Waals surface area (Å²) in [6.45, 7) is 1.25. The van der Waals surface area contributed by atoms with Crippen molar-refractivity contribution in [3.8, 4) is 34.4 Å². The summed E-state index contributed by atoms with van der Waals surface area (Å²) in [6.07, 6.45) is 0. The van der Waals surface area contributed by atoms with Gasteiger partial charge in [-0.05, 0) is 59.5 Å². The number of ether oxygens (including phenoxy) is 2. The van der Waals surface area contributed by atoms with Crippen molar-refractivity contribution in [3.05, 3.63) is 101 Å². The van der Waals surface area contributed by atoms with Crippen LogP contribution in [0.5, 0.6) is 23.3 Å². The number of primary amides is 1. The van der Waals surface area contributed by atoms with Gasteiger partial charge in [0.2, 0.25) is 17.5 Å². The molecule has 210 valence electrons. The molecule has 0 radical (unpaired) electrons. The molecule has 0 saturated carbocycles. The van der Waals surface area contributed by atoms with Gasteiger partial charge in [0, 0.05) is 6.54 Å². The molecular weight excluding hydrogens is 538 g/mol. The fourth-order valence-electron chi connectivity index (χ4n) is 3.81. The van der Waals surface area contributed by atoms with E-state index in [-0.39, 0.29) is 17.1 Å². The molecule has 2 amide bonds. The normalized spacial score (nSPS) is 10.6. The van der Waals surface area contributed by atoms with Crippen LogP contribution in [0, 0.1) is 18.6 Å². The second-order valence-corrected chi connectivity index (χ2v) is 8.82. The van der Waals surface area contributed by atoms with Gasteiger partial charge >= 0.3 is 5.97 Å². The predicted molar refractivity (Wildman–Crippen MR) is 144 cm³/mol. The number of rotatable bonds is 10. The van der Waals surface area contributed by atoms with E-state index < -0.39 is 53.3 Å². The van der Waals surface area contributed by atoms with Gasteiger partial charge in [-0.2, -0.15) is 13.8 Å². The number of aryl methyl sites for hydroxylation is 1. The Morgan fingerprint density at radius 1 is 0.927 bits per heavy atom. The van der Waals surface area contributed by atoms with E-state index in [1.54, 1.807) is 25.1 Å². The number of benzene rings is 3. The number of amides is 2. The first-order valence-electron chi connectivity index (χ1n) is 12.1. The average Bonchev–Trinajstić information content (AvgIpc) is 2.94. The summed E-state index contributed by atoms with van der Waals surface area (Å²) >= 11 is 0. The minimum absolute atomic E-state index is 0.0786. The Kier molecular flexibility index (Phi) is 8.54. The summed E-state index contributed by atoms with van der Waals surface area (Å²) in [4.78, 5) is 39.3. The molecule has 0 unspecified atom stereocenters. The molecule has 0 bridgehead atoms. The zero-order chi connectivity index (χ0) is 29.7. The molecule has 0 aliphatic heterocycles. The molecule has 3 aromatic carbocycles. The van der Waals surface area contributed by atoms with Gasteiger partial charge in [0.1, 0.15) is 22.6 Å². The Labute approximate surface area is 232 Å². The molecular formula is C29H24F2N4O6. The van der Waals surface area contributed by atoms with Crippen molar-refractivity contribution in [2.75, 3.05) is 6.54 Å². The summed E-state index contributed by atoms with van der Waals surface area (Å²) in [7, 11) is 0. The minimum Gasteiger partial charge on any atom is -0.478 e. The van der Waals surface area contributed by atoms with Crippen molar-refractivity contribution in [2.24, 2.45) is 11.5 Å². The number of hydrogen-bond acceptors (Lipinski definition) is 7. The van der Waals surface area contributed by atoms with Crippen LogP contribution in [0.2, 0.25) is 0 Å². The van der Waals surface area contributed by atoms with Gasteiger partial charge in [0.25, 0.3) is 17.7 Å². The van der Waals surface area contributed by atoms with Gasteiger partial charge in [-0.3, -0.25) is 9.59 Å². The number of carbonyl (C=O) groups excluding carboxylic acids is 2. The Balaban J connectivity index is 1.80. The first kappa shape index (κ1) is 28.6. The number of nitrogens with one attached hydrogen (secondary N) is 1. The van der Waals surface area contributed by atoms with E-state index in [1.807, 2.05) is 29.6 Å². The molecule has 1 heterocycles. The number of pyridine rings is 1. The number of carboxylic acid groups (broad SMARTS) is 1. The van der Waals surface area contributed by atoms with Crippen LogP contribution in [0.25, 0.3) is 11.1 Å². The lowest BCUT2D eigenvalue weighted by Crippen LogP contribution is -2.34. The van der Waals surface area contributed by atoms with E-state index in [2.05, 4.69) is 4.98 Å². The van der Waals surface area contributed by atoms with Gasteiger partial charge in [-0.15, -0.1) is 0 Å². The number of carboxylic acids is 1. The molecule has 41 heavy (non-hydrogen) atoms. The highest BCUT2D eigenvalue weighted by Crippen LogP contribution is 2.35. The summed E-state index contributed by atoms with van der Waals surface area (Å²) in [5.74, 6) is -8.74. The van der Waals surface area contributed by atoms with Crippen molar-refractivity contribution in [1.29, 1.82) is 0 Å². The van der Waals surface area contributed by atoms with Crippen molar-refractivity contribution >= 4 is 17.8 Å². The number of aromatic nitrogens is 1. The molecule has 1 aromatic heterocycles. The number of hydrogen-bond donors (Lipinski definition) is 4. The SMILES string of the molecule is Cc1ccc(C(=O)O)c(Oc2nc(Oc3cccc(-c4cccc(CN)c4)c3)c(F)c(C(=O)NCC(N)=O)c2F)c1. The number of nitrogens with zero attached hydrogens (tertiary/aromatic N) is 1. The number of carbonyl (C=O) groups is 3. The molecule has 0 fully saturated rings. The molecule has 10 nitrogen and oxygen atoms in total. The van der Waals surface area contributed by atoms with Crippen LogP contribution in [-0.4, -0.2) is 34.4 Å². The monoisotopic (exact) mass is 562 g/mol. The Bertz CT molecular complexity index is 1660. The quantitative estimate of drug-likeness (QED) is 0.222. The molecule has 0 saturated heterocycles. The zero-order valence-electron chi connectivity index (χ0n) is 21.6. The van der Waals surface area contributed by atoms with Gasteiger partial charge in [-0.25, -0.2) is 4.79 Å². The second kappa shape index (κ2) is 12.2. The predicted octanol–water partition coefficient (Wildman–Crippen LogP) is 4.29. The summed E-state index contributed by atoms with van der Waals surface area (Å²) in [6, 6.07) is 17.9. The van der Waals surface area contributed by atoms with Gasteiger partial charge in [-0.1, -0.05) is 36.4 Å². The number of nitrogens with two attached hydrogens (primary N) is 2. The molecule has 4 rings (SSSR count). The highest BCUT2D eigenvalue weighted by molar-refractivity contribution is 5.97. The van der Waals surface area contributed by atoms with E-state index in [1.165, 1.54) is 24.3 Å². The second-order valence-electron chi connectivity index (χ2n) is 8.82. The third-order valence-corrected chi connectivity index (χ3v) is 5.79. The van der Waals surface area contributed by atoms with Crippen LogP contribution < -0.4 is 26.3 Å². The topological polar surface area (TPSA) is 167 Å². The molecule has 6 N–H and O–H groups in total. The number of aromatic carboxylic acids is 1. The highest BCUT2D eigenvalue weighted by Gasteiger charge is 2.29. The third kappa shape index (κ3) is 6.62. The van der Waals surface area contributed by atoms with Crippen molar-refractivity contribution in [3.63, 3.8) is 0 Å². The Morgan fingerprint density at radius 3 is 2.24 bits per heavy atom. The maximum atomic E-state index is 15.5. The molecule has 0 spiro atoms. The Morgan fingerprint density at radius 2 is 1.59 bits per heavy atom. The molecule has 0 atom stereocenters. The van der Waals surface area contributed by atoms with Crippen LogP contribution in [0.3, 0.4) is 0 Å². The summed E-state index contributed by atoms with van der Waals surface area (Å²) < 4.78 is 42.1. The largest absolute Gasteiger partial charge is 0.478 e. The summed E-state index contributed by atoms with van der Waals surface area (Å²) in [5.41, 5.74) is 12.2. The van der Waals surface area contributed by atoms with Crippen LogP contribution in [0.4, 0.5) is 8.78 Å². The average molecular weight is 563 g/mol. The maximum Gasteiger partial charge on any atom is 0.339 e. The third-order valence-electron chi connectivity index (χ3n) is 5.79. The van der Waals surface area contributed by atoms with Crippen LogP contribution >= 0.6 is 0 Å². The number of halogens is 2. The minimum atomic E-state index is -1.55. The zero-order valence-corrected chi connectivity index (χ0v) is 21.6. The first-order valence-corrected chi connectivity index (χ1v) is 12.1. The van der Waals surface area contributed by atoms with Gasteiger partial charge in [0.15, 0.2) is 0 Å². The van der Waals surface area contributed by atoms with Crippen molar-refractivity contribution in [1.82, 2.24) is 10.3 Å². The fraction of sp³-hybridized carbons (Fsp3) is 0.103. The lowest BCUT2D eigenvalue weighted by atomic mass is 10.0. The fourth-order valence-corrected chi connectivity index (χ4v) is 3.81. The van der Waals surface area contributed by atoms with Crippen LogP contribution in [0.1, 0.15) is 31.8 Å². The lowest BCUT2D eigenvalue weighted by molar-refractivity contribution is -0.117. The van der Waals surface area contributed by atoms with E-state index in [4.69, 9.17) is 20.9 Å². The first-order chi connectivity index (χ1) is 19.6. The lowest BCUT2D eigenvalue weighted by Gasteiger charge is -2.15. The van der Waals surface area contributed by atoms with Gasteiger partial charge in [0.05, 0.1) is 6.54 Å².